The summed E-state index contributed by atoms with van der Waals surface area (Å²) in [5.41, 5.74) is 2.11. The molecule has 0 bridgehead atoms. The largest absolute Gasteiger partial charge is 0.478 e. The molecule has 0 unspecified atom stereocenters. The Morgan fingerprint density at radius 2 is 2.14 bits per heavy atom. The third-order valence-corrected chi connectivity index (χ3v) is 4.16. The van der Waals surface area contributed by atoms with Gasteiger partial charge in [0.05, 0.1) is 11.3 Å². The predicted molar refractivity (Wildman–Crippen MR) is 82.4 cm³/mol. The number of pyridine rings is 2. The molecule has 1 N–H and O–H groups in total. The maximum absolute atomic E-state index is 11.3. The van der Waals surface area contributed by atoms with Gasteiger partial charge in [-0.05, 0) is 43.1 Å². The number of hydrogen-bond donors (Lipinski definition) is 1. The van der Waals surface area contributed by atoms with Gasteiger partial charge in [-0.25, -0.2) is 4.79 Å². The fourth-order valence-electron chi connectivity index (χ4n) is 3.08. The number of carboxylic acids is 1. The number of carboxylic acid groups (broad SMARTS) is 1. The van der Waals surface area contributed by atoms with E-state index in [1.165, 1.54) is 12.0 Å². The summed E-state index contributed by atoms with van der Waals surface area (Å²) in [5, 5.41) is 9.31. The summed E-state index contributed by atoms with van der Waals surface area (Å²) in [6.07, 6.45) is 8.72. The number of carbonyl (C=O) groups is 1. The van der Waals surface area contributed by atoms with Crippen molar-refractivity contribution in [3.05, 3.63) is 59.7 Å². The van der Waals surface area contributed by atoms with Crippen LogP contribution in [0.2, 0.25) is 0 Å². The van der Waals surface area contributed by atoms with E-state index in [1.54, 1.807) is 24.5 Å². The molecule has 0 radical (unpaired) electrons. The van der Waals surface area contributed by atoms with E-state index in [2.05, 4.69) is 20.9 Å². The molecule has 1 aliphatic heterocycles. The zero-order valence-electron chi connectivity index (χ0n) is 12.4. The fourth-order valence-corrected chi connectivity index (χ4v) is 3.08. The molecule has 1 fully saturated rings. The summed E-state index contributed by atoms with van der Waals surface area (Å²) in [6.45, 7) is 1.51. The van der Waals surface area contributed by atoms with Crippen molar-refractivity contribution in [3.63, 3.8) is 0 Å². The van der Waals surface area contributed by atoms with Crippen LogP contribution in [0.15, 0.2) is 42.9 Å². The van der Waals surface area contributed by atoms with Crippen LogP contribution in [0.4, 0.5) is 0 Å². The van der Waals surface area contributed by atoms with Gasteiger partial charge in [-0.3, -0.25) is 14.9 Å². The number of rotatable bonds is 4. The topological polar surface area (TPSA) is 66.3 Å². The summed E-state index contributed by atoms with van der Waals surface area (Å²) >= 11 is 0. The Morgan fingerprint density at radius 3 is 2.91 bits per heavy atom. The molecule has 3 heterocycles. The van der Waals surface area contributed by atoms with E-state index in [-0.39, 0.29) is 11.6 Å². The lowest BCUT2D eigenvalue weighted by atomic mass is 9.96. The molecule has 3 rings (SSSR count). The lowest BCUT2D eigenvalue weighted by molar-refractivity contribution is 0.0691. The third kappa shape index (κ3) is 3.14. The van der Waals surface area contributed by atoms with Crippen LogP contribution in [-0.4, -0.2) is 32.5 Å². The lowest BCUT2D eigenvalue weighted by Crippen LogP contribution is -2.33. The van der Waals surface area contributed by atoms with Crippen LogP contribution >= 0.6 is 0 Å². The molecule has 1 aliphatic rings. The summed E-state index contributed by atoms with van der Waals surface area (Å²) < 4.78 is 0. The van der Waals surface area contributed by atoms with Crippen molar-refractivity contribution in [2.75, 3.05) is 6.54 Å². The number of nitrogens with zero attached hydrogens (tertiary/aromatic N) is 3. The van der Waals surface area contributed by atoms with Crippen LogP contribution in [0.1, 0.15) is 46.9 Å². The highest BCUT2D eigenvalue weighted by molar-refractivity contribution is 5.88. The highest BCUT2D eigenvalue weighted by Crippen LogP contribution is 2.31. The van der Waals surface area contributed by atoms with Crippen molar-refractivity contribution in [3.8, 4) is 0 Å². The molecule has 5 heteroatoms. The number of hydrogen-bond acceptors (Lipinski definition) is 4. The molecule has 0 aromatic carbocycles. The number of aromatic carboxylic acids is 1. The van der Waals surface area contributed by atoms with Crippen molar-refractivity contribution in [1.82, 2.24) is 14.9 Å². The highest BCUT2D eigenvalue weighted by atomic mass is 16.4. The summed E-state index contributed by atoms with van der Waals surface area (Å²) in [6, 6.07) is 7.61. The molecule has 0 spiro atoms. The van der Waals surface area contributed by atoms with E-state index in [9.17, 15) is 9.90 Å². The van der Waals surface area contributed by atoms with Crippen LogP contribution in [-0.2, 0) is 6.54 Å². The summed E-state index contributed by atoms with van der Waals surface area (Å²) in [5.74, 6) is -0.918. The van der Waals surface area contributed by atoms with Crippen LogP contribution in [0.3, 0.4) is 0 Å². The normalized spacial score (nSPS) is 19.0. The van der Waals surface area contributed by atoms with E-state index in [1.807, 2.05) is 12.3 Å². The Kier molecular flexibility index (Phi) is 4.44. The van der Waals surface area contributed by atoms with Gasteiger partial charge in [0, 0.05) is 31.2 Å². The quantitative estimate of drug-likeness (QED) is 0.940. The first-order valence-electron chi connectivity index (χ1n) is 7.57. The smallest absolute Gasteiger partial charge is 0.337 e. The monoisotopic (exact) mass is 297 g/mol. The molecular weight excluding hydrogens is 278 g/mol. The fraction of sp³-hybridized carbons (Fsp3) is 0.353. The van der Waals surface area contributed by atoms with Gasteiger partial charge in [0.25, 0.3) is 0 Å². The standard InChI is InChI=1S/C17H19N3O2/c21-17(22)14-6-4-9-19-15(14)12-20-10-2-1-7-16(20)13-5-3-8-18-11-13/h3-6,8-9,11,16H,1-2,7,10,12H2,(H,21,22)/t16-/m0/s1. The molecule has 0 aliphatic carbocycles. The van der Waals surface area contributed by atoms with Gasteiger partial charge in [-0.1, -0.05) is 12.5 Å². The maximum Gasteiger partial charge on any atom is 0.337 e. The van der Waals surface area contributed by atoms with E-state index in [0.29, 0.717) is 12.2 Å². The maximum atomic E-state index is 11.3. The van der Waals surface area contributed by atoms with Crippen LogP contribution < -0.4 is 0 Å². The van der Waals surface area contributed by atoms with Crippen molar-refractivity contribution in [1.29, 1.82) is 0 Å². The third-order valence-electron chi connectivity index (χ3n) is 4.16. The number of likely N-dealkylation sites (tertiary alicyclic amines) is 1. The average molecular weight is 297 g/mol. The van der Waals surface area contributed by atoms with Crippen molar-refractivity contribution in [2.45, 2.75) is 31.8 Å². The van der Waals surface area contributed by atoms with Gasteiger partial charge in [0.2, 0.25) is 0 Å². The highest BCUT2D eigenvalue weighted by Gasteiger charge is 2.25. The molecule has 22 heavy (non-hydrogen) atoms. The lowest BCUT2D eigenvalue weighted by Gasteiger charge is -2.35. The minimum absolute atomic E-state index is 0.283. The van der Waals surface area contributed by atoms with Gasteiger partial charge in [-0.15, -0.1) is 0 Å². The van der Waals surface area contributed by atoms with Crippen molar-refractivity contribution < 1.29 is 9.90 Å². The Labute approximate surface area is 129 Å². The van der Waals surface area contributed by atoms with Crippen molar-refractivity contribution >= 4 is 5.97 Å². The molecule has 5 nitrogen and oxygen atoms in total. The van der Waals surface area contributed by atoms with E-state index >= 15 is 0 Å². The first-order chi connectivity index (χ1) is 10.8. The predicted octanol–water partition coefficient (Wildman–Crippen LogP) is 2.90. The first kappa shape index (κ1) is 14.7. The van der Waals surface area contributed by atoms with E-state index in [0.717, 1.165) is 19.4 Å². The molecule has 2 aromatic heterocycles. The Bertz CT molecular complexity index is 645. The summed E-state index contributed by atoms with van der Waals surface area (Å²) in [7, 11) is 0. The van der Waals surface area contributed by atoms with E-state index < -0.39 is 5.97 Å². The van der Waals surface area contributed by atoms with Crippen LogP contribution in [0.5, 0.6) is 0 Å². The SMILES string of the molecule is O=C(O)c1cccnc1CN1CCCC[C@H]1c1cccnc1. The molecule has 2 aromatic rings. The van der Waals surface area contributed by atoms with Gasteiger partial charge in [0.1, 0.15) is 0 Å². The van der Waals surface area contributed by atoms with E-state index in [4.69, 9.17) is 0 Å². The number of piperidine rings is 1. The van der Waals surface area contributed by atoms with Gasteiger partial charge >= 0.3 is 5.97 Å². The molecule has 0 saturated carbocycles. The van der Waals surface area contributed by atoms with Crippen LogP contribution in [0.25, 0.3) is 0 Å². The first-order valence-corrected chi connectivity index (χ1v) is 7.57. The molecule has 1 atom stereocenters. The van der Waals surface area contributed by atoms with Gasteiger partial charge in [-0.2, -0.15) is 0 Å². The van der Waals surface area contributed by atoms with Gasteiger partial charge < -0.3 is 5.11 Å². The average Bonchev–Trinajstić information content (AvgIpc) is 2.56. The second-order valence-electron chi connectivity index (χ2n) is 5.57. The summed E-state index contributed by atoms with van der Waals surface area (Å²) in [4.78, 5) is 22.2. The minimum Gasteiger partial charge on any atom is -0.478 e. The second kappa shape index (κ2) is 6.66. The van der Waals surface area contributed by atoms with Gasteiger partial charge in [0.15, 0.2) is 0 Å². The zero-order valence-corrected chi connectivity index (χ0v) is 12.4. The molecular formula is C17H19N3O2. The Hall–Kier alpha value is -2.27. The van der Waals surface area contributed by atoms with Crippen LogP contribution in [0, 0.1) is 0 Å². The zero-order chi connectivity index (χ0) is 15.4. The number of aromatic nitrogens is 2. The Morgan fingerprint density at radius 1 is 1.27 bits per heavy atom. The molecule has 114 valence electrons. The van der Waals surface area contributed by atoms with Crippen molar-refractivity contribution in [2.24, 2.45) is 0 Å². The second-order valence-corrected chi connectivity index (χ2v) is 5.57. The minimum atomic E-state index is -0.918. The molecule has 0 amide bonds. The molecule has 1 saturated heterocycles. The Balaban J connectivity index is 1.85.